The molecule has 0 saturated carbocycles. The predicted octanol–water partition coefficient (Wildman–Crippen LogP) is 4.27. The predicted molar refractivity (Wildman–Crippen MR) is 227 cm³/mol. The van der Waals surface area contributed by atoms with E-state index in [1.54, 1.807) is 58.9 Å². The summed E-state index contributed by atoms with van der Waals surface area (Å²) in [4.78, 5) is 63.3. The fourth-order valence-electron chi connectivity index (χ4n) is 9.37. The zero-order valence-corrected chi connectivity index (χ0v) is 37.1. The van der Waals surface area contributed by atoms with Crippen molar-refractivity contribution in [2.45, 2.75) is 111 Å². The molecule has 10 atom stereocenters. The first-order chi connectivity index (χ1) is 28.6. The Morgan fingerprint density at radius 3 is 2.38 bits per heavy atom. The van der Waals surface area contributed by atoms with Gasteiger partial charge in [-0.15, -0.1) is 0 Å². The molecule has 1 unspecified atom stereocenters. The number of aliphatic hydroxyl groups excluding tert-OH is 2. The van der Waals surface area contributed by atoms with E-state index in [-0.39, 0.29) is 50.7 Å². The van der Waals surface area contributed by atoms with E-state index in [1.165, 1.54) is 34.1 Å². The number of nitrogens with one attached hydrogen (secondary N) is 2. The molecule has 1 aromatic carbocycles. The average molecular weight is 847 g/mol. The molecule has 4 heterocycles. The number of fused-ring (bicyclic) bond motifs is 3. The van der Waals surface area contributed by atoms with E-state index in [0.29, 0.717) is 25.4 Å². The summed E-state index contributed by atoms with van der Waals surface area (Å²) in [5, 5.41) is 41.0. The van der Waals surface area contributed by atoms with Crippen molar-refractivity contribution in [1.29, 1.82) is 0 Å². The van der Waals surface area contributed by atoms with Crippen molar-refractivity contribution in [1.82, 2.24) is 15.5 Å². The van der Waals surface area contributed by atoms with Gasteiger partial charge in [0.05, 0.1) is 52.6 Å². The number of carbonyl (C=O) groups is 4. The molecule has 5 N–H and O–H groups in total. The molecule has 15 heteroatoms. The number of methoxy groups -OCH3 is 1. The average Bonchev–Trinajstić information content (AvgIpc) is 3.71. The minimum atomic E-state index is -1.97. The number of likely N-dealkylation sites (tertiary alicyclic amines) is 1. The number of aromatic hydroxyl groups is 1. The SMILES string of the molecule is CO[C@H]1/C=C/O[C@@]2(C)Oc3c(C)c(O)c4c(c3C2=O)C2=NC3(CCN(CC(C)C)C3)CNC2=C(NC(=O)/C(C)=C\C=C\[C@H](C)[C@H](O)[C@@H](C)[C@@H](O)[C@@H](C)[C@H](OC(C)=O)[C@@H]1C)C4=O. The molecule has 5 aliphatic rings. The van der Waals surface area contributed by atoms with Crippen LogP contribution in [0.1, 0.15) is 101 Å². The zero-order valence-electron chi connectivity index (χ0n) is 37.1. The number of ether oxygens (including phenoxy) is 4. The number of hydrogen-bond acceptors (Lipinski definition) is 14. The fraction of sp³-hybridized carbons (Fsp3) is 0.587. The van der Waals surface area contributed by atoms with Crippen LogP contribution in [0.5, 0.6) is 11.5 Å². The number of phenolic OH excluding ortho intramolecular Hbond substituents is 1. The van der Waals surface area contributed by atoms with E-state index in [2.05, 4.69) is 29.4 Å². The van der Waals surface area contributed by atoms with E-state index < -0.39 is 88.6 Å². The lowest BCUT2D eigenvalue weighted by molar-refractivity contribution is -0.160. The van der Waals surface area contributed by atoms with Crippen LogP contribution in [-0.4, -0.2) is 118 Å². The number of nitrogens with zero attached hydrogens (tertiary/aromatic N) is 2. The summed E-state index contributed by atoms with van der Waals surface area (Å²) in [7, 11) is 1.47. The summed E-state index contributed by atoms with van der Waals surface area (Å²) < 4.78 is 24.0. The molecule has 6 rings (SSSR count). The topological polar surface area (TPSA) is 206 Å². The van der Waals surface area contributed by atoms with Gasteiger partial charge in [0.1, 0.15) is 23.3 Å². The van der Waals surface area contributed by atoms with Crippen molar-refractivity contribution >= 4 is 29.2 Å². The highest BCUT2D eigenvalue weighted by atomic mass is 16.7. The number of phenols is 1. The Labute approximate surface area is 357 Å². The minimum Gasteiger partial charge on any atom is -0.507 e. The van der Waals surface area contributed by atoms with Gasteiger partial charge in [0.25, 0.3) is 11.7 Å². The van der Waals surface area contributed by atoms with Crippen molar-refractivity contribution in [3.05, 3.63) is 69.8 Å². The number of esters is 1. The molecule has 15 nitrogen and oxygen atoms in total. The highest BCUT2D eigenvalue weighted by molar-refractivity contribution is 6.34. The summed E-state index contributed by atoms with van der Waals surface area (Å²) in [6, 6.07) is 0. The number of aliphatic hydroxyl groups is 2. The van der Waals surface area contributed by atoms with Crippen molar-refractivity contribution in [2.75, 3.05) is 33.3 Å². The fourth-order valence-corrected chi connectivity index (χ4v) is 9.37. The van der Waals surface area contributed by atoms with Crippen molar-refractivity contribution in [2.24, 2.45) is 34.6 Å². The van der Waals surface area contributed by atoms with Crippen molar-refractivity contribution in [3.8, 4) is 11.5 Å². The largest absolute Gasteiger partial charge is 0.507 e. The van der Waals surface area contributed by atoms with Crippen LogP contribution in [0, 0.1) is 36.5 Å². The first-order valence-electron chi connectivity index (χ1n) is 21.2. The number of ketones is 2. The maximum atomic E-state index is 14.8. The molecular formula is C46H62N4O11. The third-order valence-electron chi connectivity index (χ3n) is 13.0. The summed E-state index contributed by atoms with van der Waals surface area (Å²) in [5.41, 5.74) is 0.00481. The lowest BCUT2D eigenvalue weighted by Gasteiger charge is -2.38. The van der Waals surface area contributed by atoms with Crippen LogP contribution in [0.2, 0.25) is 0 Å². The Kier molecular flexibility index (Phi) is 13.1. The maximum absolute atomic E-state index is 14.8. The van der Waals surface area contributed by atoms with E-state index in [1.807, 2.05) is 0 Å². The molecule has 1 fully saturated rings. The second-order valence-corrected chi connectivity index (χ2v) is 18.1. The smallest absolute Gasteiger partial charge is 0.312 e. The van der Waals surface area contributed by atoms with Crippen LogP contribution in [0.4, 0.5) is 0 Å². The van der Waals surface area contributed by atoms with Gasteiger partial charge >= 0.3 is 11.8 Å². The molecule has 61 heavy (non-hydrogen) atoms. The van der Waals surface area contributed by atoms with Gasteiger partial charge < -0.3 is 49.8 Å². The van der Waals surface area contributed by atoms with Crippen LogP contribution < -0.4 is 15.4 Å². The Morgan fingerprint density at radius 1 is 1.02 bits per heavy atom. The van der Waals surface area contributed by atoms with Crippen LogP contribution in [-0.2, 0) is 23.8 Å². The van der Waals surface area contributed by atoms with Gasteiger partial charge in [-0.2, -0.15) is 0 Å². The number of Topliss-reactive ketones (excluding diaryl/α,β-unsaturated/α-hetero) is 2. The number of amides is 1. The zero-order chi connectivity index (χ0) is 44.9. The van der Waals surface area contributed by atoms with Gasteiger partial charge in [-0.25, -0.2) is 0 Å². The lowest BCUT2D eigenvalue weighted by atomic mass is 9.78. The lowest BCUT2D eigenvalue weighted by Crippen LogP contribution is -2.51. The highest BCUT2D eigenvalue weighted by Gasteiger charge is 2.54. The Hall–Kier alpha value is -4.83. The third-order valence-corrected chi connectivity index (χ3v) is 13.0. The quantitative estimate of drug-likeness (QED) is 0.269. The normalized spacial score (nSPS) is 35.4. The van der Waals surface area contributed by atoms with E-state index >= 15 is 0 Å². The van der Waals surface area contributed by atoms with Crippen LogP contribution >= 0.6 is 0 Å². The number of aliphatic imine (C=N–C) groups is 1. The first kappa shape index (κ1) is 45.7. The van der Waals surface area contributed by atoms with Gasteiger partial charge in [-0.1, -0.05) is 59.8 Å². The number of rotatable bonds is 4. The summed E-state index contributed by atoms with van der Waals surface area (Å²) >= 11 is 0. The second-order valence-electron chi connectivity index (χ2n) is 18.1. The monoisotopic (exact) mass is 846 g/mol. The Bertz CT molecular complexity index is 2120. The van der Waals surface area contributed by atoms with Crippen molar-refractivity contribution < 1.29 is 53.4 Å². The van der Waals surface area contributed by atoms with Gasteiger partial charge in [0, 0.05) is 87.5 Å². The molecule has 1 aromatic rings. The minimum absolute atomic E-state index is 0.0163. The molecule has 0 radical (unpaired) electrons. The maximum Gasteiger partial charge on any atom is 0.312 e. The summed E-state index contributed by atoms with van der Waals surface area (Å²) in [5.74, 6) is -6.84. The van der Waals surface area contributed by atoms with Gasteiger partial charge in [0.15, 0.2) is 0 Å². The molecule has 1 saturated heterocycles. The molecule has 0 aromatic heterocycles. The Morgan fingerprint density at radius 2 is 1.72 bits per heavy atom. The number of carbonyl (C=O) groups excluding carboxylic acids is 4. The van der Waals surface area contributed by atoms with Crippen LogP contribution in [0.25, 0.3) is 0 Å². The standard InChI is InChI=1S/C46H62N4O11/c1-22(2)19-50-17-16-46(21-50)20-47-35-34(49-46)31-32-39(54)28(8)42-33(31)43(56)45(10,61-42)59-18-15-30(58-11)25(5)41(60-29(9)51)27(7)38(53)26(6)37(52)23(3)13-12-14-24(4)44(57)48-36(35)40(32)55/h12-15,18,22-23,25-27,30,37-38,41,47,52-54H,16-17,19-21H2,1-11H3,(H,48,57)/b13-12+,18-15+,24-14-/t23-,25+,26+,27+,30-,37-,38+,41+,45-,46?/m0/s1. The highest BCUT2D eigenvalue weighted by Crippen LogP contribution is 2.49. The molecule has 5 bridgehead atoms. The molecule has 1 spiro atoms. The molecule has 4 aliphatic heterocycles. The van der Waals surface area contributed by atoms with Crippen LogP contribution in [0.15, 0.2) is 52.5 Å². The van der Waals surface area contributed by atoms with Gasteiger partial charge in [-0.3, -0.25) is 24.2 Å². The molecular weight excluding hydrogens is 785 g/mol. The molecule has 1 amide bonds. The number of hydrogen-bond donors (Lipinski definition) is 5. The first-order valence-corrected chi connectivity index (χ1v) is 21.2. The number of allylic oxidation sites excluding steroid dienone is 4. The summed E-state index contributed by atoms with van der Waals surface area (Å²) in [6.07, 6.45) is 4.59. The van der Waals surface area contributed by atoms with E-state index in [9.17, 15) is 34.5 Å². The summed E-state index contributed by atoms with van der Waals surface area (Å²) in [6.45, 7) is 19.8. The second kappa shape index (κ2) is 17.5. The molecule has 1 aliphatic carbocycles. The molecule has 332 valence electrons. The van der Waals surface area contributed by atoms with Crippen LogP contribution in [0.3, 0.4) is 0 Å². The van der Waals surface area contributed by atoms with Crippen molar-refractivity contribution in [3.63, 3.8) is 0 Å². The number of benzene rings is 1. The third kappa shape index (κ3) is 8.54. The van der Waals surface area contributed by atoms with E-state index in [0.717, 1.165) is 13.1 Å². The van der Waals surface area contributed by atoms with Gasteiger partial charge in [-0.05, 0) is 32.3 Å². The van der Waals surface area contributed by atoms with Gasteiger partial charge in [0.2, 0.25) is 5.78 Å². The van der Waals surface area contributed by atoms with E-state index in [4.69, 9.17) is 23.9 Å². The Balaban J connectivity index is 1.51.